The number of nitrogens with one attached hydrogen (secondary N) is 1. The van der Waals surface area contributed by atoms with Gasteiger partial charge in [0.25, 0.3) is 0 Å². The predicted octanol–water partition coefficient (Wildman–Crippen LogP) is 2.48. The number of benzene rings is 1. The number of halogens is 4. The first-order chi connectivity index (χ1) is 10.2. The molecule has 2 aliphatic heterocycles. The summed E-state index contributed by atoms with van der Waals surface area (Å²) in [4.78, 5) is -0.758. The van der Waals surface area contributed by atoms with E-state index in [9.17, 15) is 21.6 Å². The van der Waals surface area contributed by atoms with E-state index in [2.05, 4.69) is 5.32 Å². The van der Waals surface area contributed by atoms with Crippen molar-refractivity contribution in [3.63, 3.8) is 0 Å². The summed E-state index contributed by atoms with van der Waals surface area (Å²) in [5.41, 5.74) is -1.17. The third-order valence-electron chi connectivity index (χ3n) is 4.12. The number of fused-ring (bicyclic) bond motifs is 2. The highest BCUT2D eigenvalue weighted by molar-refractivity contribution is 7.89. The zero-order valence-corrected chi connectivity index (χ0v) is 13.0. The van der Waals surface area contributed by atoms with E-state index in [1.807, 2.05) is 0 Å². The highest BCUT2D eigenvalue weighted by atomic mass is 35.5. The summed E-state index contributed by atoms with van der Waals surface area (Å²) >= 11 is 5.74. The van der Waals surface area contributed by atoms with Gasteiger partial charge in [0.15, 0.2) is 0 Å². The Bertz CT molecular complexity index is 677. The first-order valence-electron chi connectivity index (χ1n) is 6.82. The van der Waals surface area contributed by atoms with Gasteiger partial charge in [-0.05, 0) is 31.0 Å². The second-order valence-electron chi connectivity index (χ2n) is 5.52. The monoisotopic (exact) mass is 354 g/mol. The molecule has 1 aromatic carbocycles. The van der Waals surface area contributed by atoms with Crippen molar-refractivity contribution in [3.05, 3.63) is 28.8 Å². The molecule has 1 N–H and O–H groups in total. The van der Waals surface area contributed by atoms with Crippen LogP contribution >= 0.6 is 11.6 Å². The highest BCUT2D eigenvalue weighted by Crippen LogP contribution is 2.40. The van der Waals surface area contributed by atoms with E-state index >= 15 is 0 Å². The molecule has 2 bridgehead atoms. The Morgan fingerprint density at radius 2 is 1.77 bits per heavy atom. The molecule has 1 aromatic rings. The molecule has 2 aliphatic rings. The fourth-order valence-electron chi connectivity index (χ4n) is 3.19. The normalized spacial score (nSPS) is 26.4. The van der Waals surface area contributed by atoms with Crippen LogP contribution < -0.4 is 5.32 Å². The molecule has 2 heterocycles. The molecule has 0 amide bonds. The van der Waals surface area contributed by atoms with Crippen molar-refractivity contribution in [1.82, 2.24) is 9.62 Å². The third-order valence-corrected chi connectivity index (χ3v) is 6.40. The van der Waals surface area contributed by atoms with Crippen molar-refractivity contribution in [2.24, 2.45) is 0 Å². The molecular weight excluding hydrogens is 341 g/mol. The molecule has 9 heteroatoms. The number of hydrogen-bond acceptors (Lipinski definition) is 3. The quantitative estimate of drug-likeness (QED) is 0.887. The summed E-state index contributed by atoms with van der Waals surface area (Å²) in [7, 11) is -4.25. The first-order valence-corrected chi connectivity index (χ1v) is 8.64. The number of hydrogen-bond donors (Lipinski definition) is 1. The molecule has 122 valence electrons. The van der Waals surface area contributed by atoms with E-state index in [0.29, 0.717) is 25.9 Å². The number of nitrogens with zero attached hydrogens (tertiary/aromatic N) is 1. The highest BCUT2D eigenvalue weighted by Gasteiger charge is 2.47. The first kappa shape index (κ1) is 16.0. The molecule has 3 rings (SSSR count). The molecule has 0 radical (unpaired) electrons. The lowest BCUT2D eigenvalue weighted by Gasteiger charge is -2.34. The Morgan fingerprint density at radius 1 is 1.18 bits per heavy atom. The molecule has 0 aliphatic carbocycles. The van der Waals surface area contributed by atoms with Crippen LogP contribution in [0.2, 0.25) is 5.02 Å². The molecule has 2 atom stereocenters. The second-order valence-corrected chi connectivity index (χ2v) is 7.76. The van der Waals surface area contributed by atoms with E-state index in [1.54, 1.807) is 0 Å². The van der Waals surface area contributed by atoms with Crippen molar-refractivity contribution in [1.29, 1.82) is 0 Å². The minimum Gasteiger partial charge on any atom is -0.314 e. The Kier molecular flexibility index (Phi) is 3.91. The molecule has 22 heavy (non-hydrogen) atoms. The van der Waals surface area contributed by atoms with Gasteiger partial charge in [0.2, 0.25) is 10.0 Å². The summed E-state index contributed by atoms with van der Waals surface area (Å²) in [6.07, 6.45) is -3.45. The maximum Gasteiger partial charge on any atom is 0.417 e. The number of alkyl halides is 3. The average molecular weight is 355 g/mol. The lowest BCUT2D eigenvalue weighted by atomic mass is 10.2. The van der Waals surface area contributed by atoms with Crippen LogP contribution in [0.5, 0.6) is 0 Å². The molecule has 0 spiro atoms. The van der Waals surface area contributed by atoms with Gasteiger partial charge >= 0.3 is 6.18 Å². The molecule has 4 nitrogen and oxygen atoms in total. The zero-order chi connectivity index (χ0) is 16.1. The largest absolute Gasteiger partial charge is 0.417 e. The number of piperazine rings is 1. The molecule has 2 saturated heterocycles. The van der Waals surface area contributed by atoms with Crippen LogP contribution in [-0.4, -0.2) is 37.9 Å². The van der Waals surface area contributed by atoms with Gasteiger partial charge in [-0.2, -0.15) is 17.5 Å². The van der Waals surface area contributed by atoms with Crippen molar-refractivity contribution in [2.45, 2.75) is 36.0 Å². The van der Waals surface area contributed by atoms with Gasteiger partial charge in [0, 0.05) is 30.2 Å². The van der Waals surface area contributed by atoms with Crippen LogP contribution in [0.3, 0.4) is 0 Å². The van der Waals surface area contributed by atoms with Gasteiger partial charge in [-0.3, -0.25) is 0 Å². The van der Waals surface area contributed by atoms with Crippen molar-refractivity contribution < 1.29 is 21.6 Å². The van der Waals surface area contributed by atoms with Crippen LogP contribution in [0.4, 0.5) is 13.2 Å². The second kappa shape index (κ2) is 5.36. The lowest BCUT2D eigenvalue weighted by molar-refractivity contribution is -0.139. The van der Waals surface area contributed by atoms with Gasteiger partial charge in [0.1, 0.15) is 0 Å². The molecule has 0 saturated carbocycles. The average Bonchev–Trinajstić information content (AvgIpc) is 2.69. The summed E-state index contributed by atoms with van der Waals surface area (Å²) in [5, 5.41) is 3.07. The zero-order valence-electron chi connectivity index (χ0n) is 11.4. The van der Waals surface area contributed by atoms with Crippen molar-refractivity contribution in [2.75, 3.05) is 13.1 Å². The SMILES string of the molecule is O=S(=O)(c1cc(Cl)ccc1C(F)(F)F)N1C2CCC1CNC2. The Hall–Kier alpha value is -0.830. The van der Waals surface area contributed by atoms with E-state index in [4.69, 9.17) is 11.6 Å². The Labute approximate surface area is 131 Å². The standard InChI is InChI=1S/C13H14ClF3N2O2S/c14-8-1-4-11(13(15,16)17)12(5-8)22(20,21)19-9-2-3-10(19)7-18-6-9/h1,4-5,9-10,18H,2-3,6-7H2. The summed E-state index contributed by atoms with van der Waals surface area (Å²) in [6, 6.07) is 2.06. The van der Waals surface area contributed by atoms with Gasteiger partial charge in [-0.15, -0.1) is 0 Å². The molecule has 2 fully saturated rings. The summed E-state index contributed by atoms with van der Waals surface area (Å²) in [5.74, 6) is 0. The maximum atomic E-state index is 13.1. The fourth-order valence-corrected chi connectivity index (χ4v) is 5.53. The van der Waals surface area contributed by atoms with Crippen molar-refractivity contribution in [3.8, 4) is 0 Å². The number of sulfonamides is 1. The topological polar surface area (TPSA) is 49.4 Å². The van der Waals surface area contributed by atoms with Crippen LogP contribution in [0.25, 0.3) is 0 Å². The fraction of sp³-hybridized carbons (Fsp3) is 0.538. The van der Waals surface area contributed by atoms with E-state index < -0.39 is 26.7 Å². The molecule has 0 aromatic heterocycles. The lowest BCUT2D eigenvalue weighted by Crippen LogP contribution is -2.54. The van der Waals surface area contributed by atoms with Gasteiger partial charge in [0.05, 0.1) is 10.5 Å². The van der Waals surface area contributed by atoms with E-state index in [-0.39, 0.29) is 17.1 Å². The van der Waals surface area contributed by atoms with Crippen LogP contribution in [-0.2, 0) is 16.2 Å². The molecule has 2 unspecified atom stereocenters. The van der Waals surface area contributed by atoms with Crippen LogP contribution in [0.1, 0.15) is 18.4 Å². The van der Waals surface area contributed by atoms with Gasteiger partial charge in [-0.25, -0.2) is 8.42 Å². The predicted molar refractivity (Wildman–Crippen MR) is 75.2 cm³/mol. The Morgan fingerprint density at radius 3 is 2.32 bits per heavy atom. The van der Waals surface area contributed by atoms with Crippen LogP contribution in [0.15, 0.2) is 23.1 Å². The van der Waals surface area contributed by atoms with Gasteiger partial charge < -0.3 is 5.32 Å². The smallest absolute Gasteiger partial charge is 0.314 e. The van der Waals surface area contributed by atoms with Gasteiger partial charge in [-0.1, -0.05) is 11.6 Å². The minimum atomic E-state index is -4.75. The van der Waals surface area contributed by atoms with Crippen molar-refractivity contribution >= 4 is 21.6 Å². The van der Waals surface area contributed by atoms with Crippen LogP contribution in [0, 0.1) is 0 Å². The number of rotatable bonds is 2. The minimum absolute atomic E-state index is 0.0333. The maximum absolute atomic E-state index is 13.1. The molecular formula is C13H14ClF3N2O2S. The summed E-state index contributed by atoms with van der Waals surface area (Å²) < 4.78 is 66.3. The van der Waals surface area contributed by atoms with E-state index in [0.717, 1.165) is 18.2 Å². The van der Waals surface area contributed by atoms with E-state index in [1.165, 1.54) is 4.31 Å². The third kappa shape index (κ3) is 2.62. The Balaban J connectivity index is 2.12. The summed E-state index contributed by atoms with van der Waals surface area (Å²) in [6.45, 7) is 0.912.